The van der Waals surface area contributed by atoms with Crippen LogP contribution >= 0.6 is 0 Å². The fourth-order valence-electron chi connectivity index (χ4n) is 6.93. The molecule has 2 saturated carbocycles. The maximum Gasteiger partial charge on any atom is 0.224 e. The van der Waals surface area contributed by atoms with Gasteiger partial charge in [0.2, 0.25) is 21.9 Å². The third kappa shape index (κ3) is 10.0. The number of halogens is 2. The van der Waals surface area contributed by atoms with Crippen molar-refractivity contribution in [1.29, 1.82) is 0 Å². The number of benzene rings is 1. The molecule has 5 rings (SSSR count). The summed E-state index contributed by atoms with van der Waals surface area (Å²) in [5.41, 5.74) is 1.36. The zero-order valence-electron chi connectivity index (χ0n) is 27.9. The van der Waals surface area contributed by atoms with Crippen molar-refractivity contribution in [3.8, 4) is 0 Å². The van der Waals surface area contributed by atoms with E-state index in [1.165, 1.54) is 18.4 Å². The first-order chi connectivity index (χ1) is 22.6. The average molecular weight is 677 g/mol. The van der Waals surface area contributed by atoms with E-state index < -0.39 is 21.7 Å². The average Bonchev–Trinajstić information content (AvgIpc) is 3.38. The molecule has 2 fully saturated rings. The monoisotopic (exact) mass is 676 g/mol. The number of nitrogens with zero attached hydrogens (tertiary/aromatic N) is 5. The van der Waals surface area contributed by atoms with Crippen LogP contribution in [-0.4, -0.2) is 84.0 Å². The van der Waals surface area contributed by atoms with Gasteiger partial charge in [-0.15, -0.1) is 0 Å². The lowest BCUT2D eigenvalue weighted by Crippen LogP contribution is -2.39. The molecular formula is C33H50F2N8O3S. The van der Waals surface area contributed by atoms with Crippen molar-refractivity contribution in [3.63, 3.8) is 0 Å². The van der Waals surface area contributed by atoms with Crippen molar-refractivity contribution in [1.82, 2.24) is 29.1 Å². The van der Waals surface area contributed by atoms with Crippen molar-refractivity contribution in [2.45, 2.75) is 96.2 Å². The van der Waals surface area contributed by atoms with Crippen LogP contribution in [0.15, 0.2) is 24.4 Å². The molecule has 0 atom stereocenters. The van der Waals surface area contributed by atoms with Gasteiger partial charge in [0.1, 0.15) is 17.2 Å². The van der Waals surface area contributed by atoms with Gasteiger partial charge in [0.15, 0.2) is 5.65 Å². The van der Waals surface area contributed by atoms with Gasteiger partial charge in [0.05, 0.1) is 24.7 Å². The van der Waals surface area contributed by atoms with E-state index in [9.17, 15) is 17.2 Å². The Labute approximate surface area is 277 Å². The summed E-state index contributed by atoms with van der Waals surface area (Å²) in [5.74, 6) is 0.0384. The lowest BCUT2D eigenvalue weighted by Gasteiger charge is -2.31. The molecule has 2 heterocycles. The fraction of sp³-hybridized carbons (Fsp3) is 0.667. The Kier molecular flexibility index (Phi) is 12.4. The SMILES string of the molecule is CCCN(CCC)CCOCC1CCC(n2c(Nc3ccc(F)cc3F)nc3cnc(NC4CCC(NS(C)(=O)=O)CC4)nc32)CC1. The summed E-state index contributed by atoms with van der Waals surface area (Å²) in [5, 5.41) is 6.54. The van der Waals surface area contributed by atoms with Gasteiger partial charge >= 0.3 is 0 Å². The summed E-state index contributed by atoms with van der Waals surface area (Å²) >= 11 is 0. The molecule has 14 heteroatoms. The molecular weight excluding hydrogens is 626 g/mol. The molecule has 2 aliphatic carbocycles. The number of imidazole rings is 1. The molecule has 2 aromatic heterocycles. The van der Waals surface area contributed by atoms with Crippen LogP contribution in [0.1, 0.15) is 84.1 Å². The van der Waals surface area contributed by atoms with Crippen LogP contribution in [0.3, 0.4) is 0 Å². The Morgan fingerprint density at radius 1 is 0.957 bits per heavy atom. The van der Waals surface area contributed by atoms with Crippen LogP contribution in [0.4, 0.5) is 26.4 Å². The van der Waals surface area contributed by atoms with Crippen LogP contribution in [0.5, 0.6) is 0 Å². The van der Waals surface area contributed by atoms with E-state index in [1.807, 2.05) is 4.57 Å². The molecule has 0 saturated heterocycles. The Morgan fingerprint density at radius 3 is 2.32 bits per heavy atom. The Morgan fingerprint density at radius 2 is 1.66 bits per heavy atom. The van der Waals surface area contributed by atoms with E-state index in [2.05, 4.69) is 39.1 Å². The van der Waals surface area contributed by atoms with Gasteiger partial charge in [-0.2, -0.15) is 4.98 Å². The van der Waals surface area contributed by atoms with E-state index in [0.717, 1.165) is 103 Å². The predicted octanol–water partition coefficient (Wildman–Crippen LogP) is 5.99. The summed E-state index contributed by atoms with van der Waals surface area (Å²) < 4.78 is 62.5. The number of hydrogen-bond acceptors (Lipinski definition) is 9. The third-order valence-corrected chi connectivity index (χ3v) is 9.98. The Bertz CT molecular complexity index is 1550. The summed E-state index contributed by atoms with van der Waals surface area (Å²) in [7, 11) is -3.24. The minimum atomic E-state index is -3.24. The largest absolute Gasteiger partial charge is 0.380 e. The van der Waals surface area contributed by atoms with E-state index in [-0.39, 0.29) is 23.8 Å². The van der Waals surface area contributed by atoms with Crippen LogP contribution in [0, 0.1) is 17.6 Å². The molecule has 3 N–H and O–H groups in total. The van der Waals surface area contributed by atoms with Crippen molar-refractivity contribution >= 4 is 38.8 Å². The molecule has 47 heavy (non-hydrogen) atoms. The standard InChI is InChI=1S/C33H50F2N8O3S/c1-4-16-42(17-5-2)18-19-46-22-23-6-13-27(14-7-23)43-31-30(39-33(43)38-29-15-8-24(34)20-28(29)35)21-36-32(40-31)37-25-9-11-26(12-10-25)41-47(3,44)45/h8,15,20-21,23,25-27,41H,4-7,9-14,16-19,22H2,1-3H3,(H,38,39)(H,36,37,40). The number of nitrogens with one attached hydrogen (secondary N) is 3. The van der Waals surface area contributed by atoms with E-state index in [1.54, 1.807) is 6.20 Å². The minimum Gasteiger partial charge on any atom is -0.380 e. The highest BCUT2D eigenvalue weighted by Gasteiger charge is 2.28. The van der Waals surface area contributed by atoms with Crippen molar-refractivity contribution in [2.24, 2.45) is 5.92 Å². The summed E-state index contributed by atoms with van der Waals surface area (Å²) in [4.78, 5) is 16.6. The van der Waals surface area contributed by atoms with Crippen LogP contribution in [-0.2, 0) is 14.8 Å². The van der Waals surface area contributed by atoms with E-state index in [0.29, 0.717) is 29.0 Å². The highest BCUT2D eigenvalue weighted by atomic mass is 32.2. The summed E-state index contributed by atoms with van der Waals surface area (Å²) in [6, 6.07) is 3.57. The van der Waals surface area contributed by atoms with Crippen molar-refractivity contribution < 1.29 is 21.9 Å². The van der Waals surface area contributed by atoms with E-state index >= 15 is 0 Å². The van der Waals surface area contributed by atoms with Crippen LogP contribution < -0.4 is 15.4 Å². The fourth-order valence-corrected chi connectivity index (χ4v) is 7.77. The zero-order valence-corrected chi connectivity index (χ0v) is 28.7. The van der Waals surface area contributed by atoms with Crippen LogP contribution in [0.25, 0.3) is 11.2 Å². The number of sulfonamides is 1. The maximum absolute atomic E-state index is 14.7. The Hall–Kier alpha value is -2.94. The van der Waals surface area contributed by atoms with Crippen molar-refractivity contribution in [2.75, 3.05) is 49.7 Å². The summed E-state index contributed by atoms with van der Waals surface area (Å²) in [6.45, 7) is 9.07. The molecule has 0 bridgehead atoms. The number of hydrogen-bond donors (Lipinski definition) is 3. The van der Waals surface area contributed by atoms with Gasteiger partial charge < -0.3 is 20.3 Å². The predicted molar refractivity (Wildman–Crippen MR) is 181 cm³/mol. The second kappa shape index (κ2) is 16.4. The topological polar surface area (TPSA) is 126 Å². The van der Waals surface area contributed by atoms with E-state index in [4.69, 9.17) is 14.7 Å². The number of anilines is 3. The lowest BCUT2D eigenvalue weighted by atomic mass is 9.86. The van der Waals surface area contributed by atoms with Gasteiger partial charge in [-0.3, -0.25) is 4.57 Å². The van der Waals surface area contributed by atoms with Gasteiger partial charge in [-0.25, -0.2) is 31.9 Å². The van der Waals surface area contributed by atoms with Gasteiger partial charge in [0, 0.05) is 37.3 Å². The molecule has 260 valence electrons. The molecule has 1 aromatic carbocycles. The number of rotatable bonds is 16. The smallest absolute Gasteiger partial charge is 0.224 e. The second-order valence-electron chi connectivity index (χ2n) is 13.1. The highest BCUT2D eigenvalue weighted by molar-refractivity contribution is 7.88. The number of ether oxygens (including phenoxy) is 1. The second-order valence-corrected chi connectivity index (χ2v) is 14.9. The first kappa shape index (κ1) is 35.4. The lowest BCUT2D eigenvalue weighted by molar-refractivity contribution is 0.0622. The molecule has 2 aliphatic rings. The highest BCUT2D eigenvalue weighted by Crippen LogP contribution is 2.37. The minimum absolute atomic E-state index is 0.0642. The molecule has 0 radical (unpaired) electrons. The maximum atomic E-state index is 14.7. The first-order valence-corrected chi connectivity index (χ1v) is 19.0. The molecule has 3 aromatic rings. The van der Waals surface area contributed by atoms with Crippen LogP contribution in [0.2, 0.25) is 0 Å². The molecule has 0 unspecified atom stereocenters. The molecule has 11 nitrogen and oxygen atoms in total. The quantitative estimate of drug-likeness (QED) is 0.157. The molecule has 0 spiro atoms. The first-order valence-electron chi connectivity index (χ1n) is 17.1. The normalized spacial score (nSPS) is 22.2. The van der Waals surface area contributed by atoms with Crippen molar-refractivity contribution in [3.05, 3.63) is 36.0 Å². The van der Waals surface area contributed by atoms with Gasteiger partial charge in [0.25, 0.3) is 0 Å². The Balaban J connectivity index is 1.28. The van der Waals surface area contributed by atoms with Gasteiger partial charge in [-0.05, 0) is 95.3 Å². The number of aromatic nitrogens is 4. The molecule has 0 amide bonds. The molecule has 0 aliphatic heterocycles. The summed E-state index contributed by atoms with van der Waals surface area (Å²) in [6.07, 6.45) is 11.9. The zero-order chi connectivity index (χ0) is 33.4. The third-order valence-electron chi connectivity index (χ3n) is 9.22. The van der Waals surface area contributed by atoms with Gasteiger partial charge in [-0.1, -0.05) is 13.8 Å². The number of fused-ring (bicyclic) bond motifs is 1.